The molecule has 3 N–H and O–H groups in total. The topological polar surface area (TPSA) is 161 Å². The van der Waals surface area contributed by atoms with E-state index in [9.17, 15) is 37.1 Å². The van der Waals surface area contributed by atoms with Gasteiger partial charge in [0.05, 0.1) is 22.8 Å². The van der Waals surface area contributed by atoms with E-state index in [-0.39, 0.29) is 67.3 Å². The zero-order valence-corrected chi connectivity index (χ0v) is 34.1. The zero-order chi connectivity index (χ0) is 42.4. The van der Waals surface area contributed by atoms with Crippen LogP contribution in [0, 0.1) is 0 Å². The molecular formula is C40H52ClF3N8O7. The summed E-state index contributed by atoms with van der Waals surface area (Å²) in [6.45, 7) is 3.78. The van der Waals surface area contributed by atoms with Gasteiger partial charge in [0.15, 0.2) is 12.7 Å². The third kappa shape index (κ3) is 11.1. The van der Waals surface area contributed by atoms with Crippen molar-refractivity contribution in [3.63, 3.8) is 0 Å². The lowest BCUT2D eigenvalue weighted by atomic mass is 10.0. The number of likely N-dealkylation sites (tertiary alicyclic amines) is 2. The summed E-state index contributed by atoms with van der Waals surface area (Å²) in [4.78, 5) is 75.4. The second-order valence-corrected chi connectivity index (χ2v) is 16.1. The van der Waals surface area contributed by atoms with Crippen molar-refractivity contribution in [2.75, 3.05) is 97.2 Å². The number of nitrogens with zero attached hydrogens (tertiary/aromatic N) is 6. The summed E-state index contributed by atoms with van der Waals surface area (Å²) < 4.78 is 52.7. The first-order valence-corrected chi connectivity index (χ1v) is 20.3. The van der Waals surface area contributed by atoms with Gasteiger partial charge in [-0.1, -0.05) is 29.8 Å². The van der Waals surface area contributed by atoms with E-state index in [1.807, 2.05) is 29.2 Å². The van der Waals surface area contributed by atoms with Crippen molar-refractivity contribution in [2.45, 2.75) is 62.9 Å². The minimum Gasteiger partial charge on any atom is -0.455 e. The maximum Gasteiger partial charge on any atom is 0.418 e. The summed E-state index contributed by atoms with van der Waals surface area (Å²) in [5.41, 5.74) is 5.75. The monoisotopic (exact) mass is 848 g/mol. The summed E-state index contributed by atoms with van der Waals surface area (Å²) in [5, 5.41) is 2.65. The standard InChI is InChI=1S/C40H52ClF3N8O7/c1-47(2)34(53)25-58-35(54)24-48-12-8-28(9-13-48)49-17-19-50(20-18-49)37(55)33(23-26-21-30(40(42,43)44)36(45)31(41)22-26)59-39(57)51-14-10-29(11-15-51)52-16-7-27-5-3-4-6-32(27)46-38(52)56/h3-6,21-22,28-29,33H,7-20,23-25,45H2,1-2H3,(H,46,56)/t33-/m1/s1. The number of halogens is 4. The van der Waals surface area contributed by atoms with Crippen molar-refractivity contribution in [3.05, 3.63) is 58.1 Å². The Balaban J connectivity index is 1.05. The number of nitrogen functional groups attached to an aromatic ring is 1. The number of alkyl halides is 3. The number of urea groups is 1. The number of nitrogens with two attached hydrogens (primary N) is 1. The first-order valence-electron chi connectivity index (χ1n) is 19.9. The Bertz CT molecular complexity index is 1860. The van der Waals surface area contributed by atoms with Crippen LogP contribution in [-0.2, 0) is 42.9 Å². The van der Waals surface area contributed by atoms with Gasteiger partial charge < -0.3 is 40.1 Å². The third-order valence-corrected chi connectivity index (χ3v) is 12.0. The van der Waals surface area contributed by atoms with Gasteiger partial charge in [-0.2, -0.15) is 13.2 Å². The lowest BCUT2D eigenvalue weighted by molar-refractivity contribution is -0.152. The maximum atomic E-state index is 14.1. The van der Waals surface area contributed by atoms with Gasteiger partial charge in [0, 0.05) is 97.2 Å². The number of benzene rings is 2. The Morgan fingerprint density at radius 2 is 1.58 bits per heavy atom. The van der Waals surface area contributed by atoms with Crippen LogP contribution in [0.4, 0.5) is 34.1 Å². The van der Waals surface area contributed by atoms with Crippen molar-refractivity contribution in [2.24, 2.45) is 0 Å². The largest absolute Gasteiger partial charge is 0.455 e. The highest BCUT2D eigenvalue weighted by Gasteiger charge is 2.38. The molecule has 6 rings (SSSR count). The SMILES string of the molecule is CN(C)C(=O)COC(=O)CN1CCC(N2CCN(C(=O)[C@@H](Cc3cc(Cl)c(N)c(C(F)(F)F)c3)OC(=O)N3CCC(N4CCc5ccccc5NC4=O)CC3)CC2)CC1. The Hall–Kier alpha value is -4.81. The molecule has 0 unspecified atom stereocenters. The molecule has 2 aromatic carbocycles. The number of esters is 1. The van der Waals surface area contributed by atoms with Gasteiger partial charge in [0.2, 0.25) is 0 Å². The minimum absolute atomic E-state index is 0.0353. The van der Waals surface area contributed by atoms with Crippen LogP contribution in [0.25, 0.3) is 0 Å². The number of rotatable bonds is 10. The van der Waals surface area contributed by atoms with Crippen LogP contribution in [-0.4, -0.2) is 164 Å². The number of hydrogen-bond donors (Lipinski definition) is 2. The van der Waals surface area contributed by atoms with Crippen molar-refractivity contribution >= 4 is 52.9 Å². The molecule has 3 saturated heterocycles. The number of hydrogen-bond acceptors (Lipinski definition) is 10. The van der Waals surface area contributed by atoms with E-state index in [0.29, 0.717) is 65.1 Å². The molecule has 2 aromatic rings. The highest BCUT2D eigenvalue weighted by molar-refractivity contribution is 6.33. The predicted molar refractivity (Wildman–Crippen MR) is 213 cm³/mol. The minimum atomic E-state index is -4.81. The molecule has 0 bridgehead atoms. The Morgan fingerprint density at radius 3 is 2.24 bits per heavy atom. The molecule has 3 fully saturated rings. The molecule has 322 valence electrons. The van der Waals surface area contributed by atoms with Crippen LogP contribution in [0.3, 0.4) is 0 Å². The molecule has 1 atom stereocenters. The molecular weight excluding hydrogens is 797 g/mol. The summed E-state index contributed by atoms with van der Waals surface area (Å²) in [6.07, 6.45) is -4.19. The summed E-state index contributed by atoms with van der Waals surface area (Å²) in [5.74, 6) is -1.29. The van der Waals surface area contributed by atoms with E-state index in [0.717, 1.165) is 30.2 Å². The molecule has 4 aliphatic heterocycles. The van der Waals surface area contributed by atoms with E-state index < -0.39 is 41.5 Å². The average Bonchev–Trinajstić information content (AvgIpc) is 3.38. The molecule has 0 spiro atoms. The van der Waals surface area contributed by atoms with Crippen LogP contribution in [0.1, 0.15) is 42.4 Å². The van der Waals surface area contributed by atoms with E-state index in [4.69, 9.17) is 26.8 Å². The van der Waals surface area contributed by atoms with Gasteiger partial charge in [-0.3, -0.25) is 24.2 Å². The molecule has 19 heteroatoms. The Kier molecular flexibility index (Phi) is 14.1. The number of fused-ring (bicyclic) bond motifs is 1. The van der Waals surface area contributed by atoms with Gasteiger partial charge in [0.25, 0.3) is 11.8 Å². The number of carbonyl (C=O) groups is 5. The van der Waals surface area contributed by atoms with Crippen LogP contribution >= 0.6 is 11.6 Å². The highest BCUT2D eigenvalue weighted by atomic mass is 35.5. The van der Waals surface area contributed by atoms with Gasteiger partial charge in [-0.15, -0.1) is 0 Å². The summed E-state index contributed by atoms with van der Waals surface area (Å²) in [6, 6.07) is 9.59. The van der Waals surface area contributed by atoms with Crippen LogP contribution < -0.4 is 11.1 Å². The fraction of sp³-hybridized carbons (Fsp3) is 0.575. The first kappa shape index (κ1) is 43.8. The van der Waals surface area contributed by atoms with Crippen molar-refractivity contribution < 1.29 is 46.6 Å². The first-order chi connectivity index (χ1) is 28.1. The highest BCUT2D eigenvalue weighted by Crippen LogP contribution is 2.38. The zero-order valence-electron chi connectivity index (χ0n) is 33.3. The Labute approximate surface area is 346 Å². The van der Waals surface area contributed by atoms with Crippen LogP contribution in [0.15, 0.2) is 36.4 Å². The number of para-hydroxylation sites is 1. The van der Waals surface area contributed by atoms with Crippen LogP contribution in [0.5, 0.6) is 0 Å². The van der Waals surface area contributed by atoms with E-state index in [2.05, 4.69) is 10.2 Å². The van der Waals surface area contributed by atoms with E-state index in [1.54, 1.807) is 23.9 Å². The number of ether oxygens (including phenoxy) is 2. The fourth-order valence-corrected chi connectivity index (χ4v) is 8.41. The molecule has 5 amide bonds. The van der Waals surface area contributed by atoms with Gasteiger partial charge in [0.1, 0.15) is 0 Å². The molecule has 4 aliphatic rings. The average molecular weight is 849 g/mol. The number of amides is 5. The summed E-state index contributed by atoms with van der Waals surface area (Å²) in [7, 11) is 3.17. The number of piperazine rings is 1. The van der Waals surface area contributed by atoms with E-state index >= 15 is 0 Å². The lowest BCUT2D eigenvalue weighted by Gasteiger charge is -2.43. The quantitative estimate of drug-likeness (QED) is 0.266. The summed E-state index contributed by atoms with van der Waals surface area (Å²) >= 11 is 6.13. The maximum absolute atomic E-state index is 14.1. The fourth-order valence-electron chi connectivity index (χ4n) is 8.17. The van der Waals surface area contributed by atoms with Gasteiger partial charge in [-0.05, 0) is 61.4 Å². The molecule has 0 saturated carbocycles. The second kappa shape index (κ2) is 19.1. The van der Waals surface area contributed by atoms with Crippen molar-refractivity contribution in [1.29, 1.82) is 0 Å². The number of likely N-dealkylation sites (N-methyl/N-ethyl adjacent to an activating group) is 1. The van der Waals surface area contributed by atoms with Crippen LogP contribution in [0.2, 0.25) is 5.02 Å². The smallest absolute Gasteiger partial charge is 0.418 e. The molecule has 0 aliphatic carbocycles. The number of anilines is 2. The Morgan fingerprint density at radius 1 is 0.915 bits per heavy atom. The number of nitrogens with one attached hydrogen (secondary N) is 1. The van der Waals surface area contributed by atoms with Crippen molar-refractivity contribution in [3.8, 4) is 0 Å². The molecule has 4 heterocycles. The molecule has 15 nitrogen and oxygen atoms in total. The molecule has 0 aromatic heterocycles. The van der Waals surface area contributed by atoms with E-state index in [1.165, 1.54) is 15.9 Å². The van der Waals surface area contributed by atoms with Gasteiger partial charge >= 0.3 is 24.3 Å². The molecule has 0 radical (unpaired) electrons. The normalized spacial score (nSPS) is 19.4. The third-order valence-electron chi connectivity index (χ3n) is 11.6. The number of piperidine rings is 2. The predicted octanol–water partition coefficient (Wildman–Crippen LogP) is 3.78. The lowest BCUT2D eigenvalue weighted by Crippen LogP contribution is -2.57. The molecule has 59 heavy (non-hydrogen) atoms. The van der Waals surface area contributed by atoms with Crippen molar-refractivity contribution in [1.82, 2.24) is 29.4 Å². The van der Waals surface area contributed by atoms with Gasteiger partial charge in [-0.25, -0.2) is 9.59 Å². The second-order valence-electron chi connectivity index (χ2n) is 15.7. The number of carbonyl (C=O) groups excluding carboxylic acids is 5.